The number of methoxy groups -OCH3 is 1. The zero-order valence-corrected chi connectivity index (χ0v) is 21.2. The Morgan fingerprint density at radius 3 is 2.58 bits per heavy atom. The number of carbonyl (C=O) groups excluding carboxylic acids is 2. The number of ether oxygens (including phenoxy) is 3. The van der Waals surface area contributed by atoms with E-state index in [-0.39, 0.29) is 30.5 Å². The number of amides is 2. The van der Waals surface area contributed by atoms with Gasteiger partial charge in [-0.15, -0.1) is 0 Å². The van der Waals surface area contributed by atoms with E-state index in [1.807, 2.05) is 38.1 Å². The summed E-state index contributed by atoms with van der Waals surface area (Å²) in [6.07, 6.45) is -0.657. The number of urea groups is 1. The predicted molar refractivity (Wildman–Crippen MR) is 137 cm³/mol. The van der Waals surface area contributed by atoms with Gasteiger partial charge in [0.1, 0.15) is 6.17 Å². The molecule has 36 heavy (non-hydrogen) atoms. The van der Waals surface area contributed by atoms with Crippen LogP contribution in [0.3, 0.4) is 0 Å². The summed E-state index contributed by atoms with van der Waals surface area (Å²) in [4.78, 5) is 27.4. The van der Waals surface area contributed by atoms with Crippen molar-refractivity contribution in [2.24, 2.45) is 0 Å². The number of esters is 1. The summed E-state index contributed by atoms with van der Waals surface area (Å²) in [5.74, 6) is -0.499. The molecule has 192 valence electrons. The molecule has 0 radical (unpaired) electrons. The van der Waals surface area contributed by atoms with Gasteiger partial charge < -0.3 is 29.7 Å². The highest BCUT2D eigenvalue weighted by Crippen LogP contribution is 2.34. The van der Waals surface area contributed by atoms with Crippen LogP contribution in [0, 0.1) is 11.3 Å². The van der Waals surface area contributed by atoms with E-state index < -0.39 is 12.2 Å². The van der Waals surface area contributed by atoms with Gasteiger partial charge in [-0.3, -0.25) is 4.79 Å². The molecule has 9 heteroatoms. The van der Waals surface area contributed by atoms with E-state index in [9.17, 15) is 9.59 Å². The zero-order chi connectivity index (χ0) is 26.1. The minimum Gasteiger partial charge on any atom is -0.466 e. The molecule has 0 aromatic heterocycles. The van der Waals surface area contributed by atoms with Crippen molar-refractivity contribution in [1.29, 1.82) is 5.26 Å². The van der Waals surface area contributed by atoms with Crippen LogP contribution in [0.15, 0.2) is 48.5 Å². The molecule has 0 bridgehead atoms. The van der Waals surface area contributed by atoms with Crippen LogP contribution in [0.4, 0.5) is 16.2 Å². The lowest BCUT2D eigenvalue weighted by atomic mass is 9.93. The quantitative estimate of drug-likeness (QED) is 0.507. The van der Waals surface area contributed by atoms with Crippen molar-refractivity contribution in [3.63, 3.8) is 0 Å². The molecule has 0 spiro atoms. The van der Waals surface area contributed by atoms with E-state index in [0.717, 1.165) is 11.3 Å². The van der Waals surface area contributed by atoms with Crippen molar-refractivity contribution in [1.82, 2.24) is 5.32 Å². The Bertz CT molecular complexity index is 1070. The van der Waals surface area contributed by atoms with Gasteiger partial charge in [0.05, 0.1) is 43.5 Å². The zero-order valence-electron chi connectivity index (χ0n) is 21.2. The lowest BCUT2D eigenvalue weighted by Crippen LogP contribution is -2.62. The Hall–Kier alpha value is -3.61. The molecule has 1 saturated heterocycles. The summed E-state index contributed by atoms with van der Waals surface area (Å²) in [5, 5.41) is 14.8. The van der Waals surface area contributed by atoms with Gasteiger partial charge in [0.2, 0.25) is 0 Å². The smallest absolute Gasteiger partial charge is 0.320 e. The third-order valence-electron chi connectivity index (χ3n) is 6.00. The Morgan fingerprint density at radius 1 is 1.19 bits per heavy atom. The molecule has 2 amide bonds. The summed E-state index contributed by atoms with van der Waals surface area (Å²) >= 11 is 0. The van der Waals surface area contributed by atoms with Crippen molar-refractivity contribution in [2.75, 3.05) is 37.1 Å². The molecule has 9 nitrogen and oxygen atoms in total. The SMILES string of the molecule is CCOC(=O)CC(COC)c1ccccc1N1C[C@@H](C)O[C@@H](C)C1NC(=O)Nc1ccc(C#N)cc1. The fourth-order valence-corrected chi connectivity index (χ4v) is 4.48. The number of nitrogens with one attached hydrogen (secondary N) is 2. The van der Waals surface area contributed by atoms with Gasteiger partial charge in [-0.25, -0.2) is 4.79 Å². The largest absolute Gasteiger partial charge is 0.466 e. The van der Waals surface area contributed by atoms with Crippen LogP contribution in [0.1, 0.15) is 44.2 Å². The Kier molecular flexibility index (Phi) is 9.68. The number of hydrogen-bond acceptors (Lipinski definition) is 7. The van der Waals surface area contributed by atoms with Gasteiger partial charge in [-0.1, -0.05) is 18.2 Å². The number of carbonyl (C=O) groups is 2. The molecule has 0 saturated carbocycles. The third kappa shape index (κ3) is 6.97. The average Bonchev–Trinajstić information content (AvgIpc) is 2.86. The summed E-state index contributed by atoms with van der Waals surface area (Å²) in [5.41, 5.74) is 2.92. The summed E-state index contributed by atoms with van der Waals surface area (Å²) < 4.78 is 16.7. The highest BCUT2D eigenvalue weighted by molar-refractivity contribution is 5.89. The Balaban J connectivity index is 1.86. The normalized spacial score (nSPS) is 20.2. The summed E-state index contributed by atoms with van der Waals surface area (Å²) in [7, 11) is 1.61. The number of nitriles is 1. The van der Waals surface area contributed by atoms with Gasteiger partial charge in [0.25, 0.3) is 0 Å². The molecule has 1 aliphatic heterocycles. The van der Waals surface area contributed by atoms with Crippen molar-refractivity contribution in [2.45, 2.75) is 51.5 Å². The van der Waals surface area contributed by atoms with E-state index in [1.165, 1.54) is 0 Å². The number of nitrogens with zero attached hydrogens (tertiary/aromatic N) is 2. The number of benzene rings is 2. The Morgan fingerprint density at radius 2 is 1.92 bits per heavy atom. The van der Waals surface area contributed by atoms with E-state index in [0.29, 0.717) is 31.0 Å². The van der Waals surface area contributed by atoms with Gasteiger partial charge in [0, 0.05) is 30.9 Å². The van der Waals surface area contributed by atoms with Crippen LogP contribution in [0.2, 0.25) is 0 Å². The molecule has 2 aromatic carbocycles. The lowest BCUT2D eigenvalue weighted by molar-refractivity contribution is -0.143. The monoisotopic (exact) mass is 494 g/mol. The number of hydrogen-bond donors (Lipinski definition) is 2. The van der Waals surface area contributed by atoms with Crippen LogP contribution in [-0.2, 0) is 19.0 Å². The van der Waals surface area contributed by atoms with Crippen LogP contribution < -0.4 is 15.5 Å². The minimum atomic E-state index is -0.466. The Labute approximate surface area is 212 Å². The van der Waals surface area contributed by atoms with E-state index in [2.05, 4.69) is 21.6 Å². The second kappa shape index (κ2) is 12.9. The van der Waals surface area contributed by atoms with Gasteiger partial charge in [0.15, 0.2) is 0 Å². The van der Waals surface area contributed by atoms with Crippen LogP contribution in [-0.4, -0.2) is 57.2 Å². The molecular weight excluding hydrogens is 460 g/mol. The summed E-state index contributed by atoms with van der Waals surface area (Å²) in [6, 6.07) is 16.2. The second-order valence-corrected chi connectivity index (χ2v) is 8.76. The third-order valence-corrected chi connectivity index (χ3v) is 6.00. The molecule has 2 aromatic rings. The molecule has 1 aliphatic rings. The maximum atomic E-state index is 12.9. The van der Waals surface area contributed by atoms with Gasteiger partial charge >= 0.3 is 12.0 Å². The maximum Gasteiger partial charge on any atom is 0.320 e. The van der Waals surface area contributed by atoms with Crippen molar-refractivity contribution in [3.05, 3.63) is 59.7 Å². The van der Waals surface area contributed by atoms with E-state index in [1.54, 1.807) is 38.3 Å². The molecular formula is C27H34N4O5. The lowest BCUT2D eigenvalue weighted by Gasteiger charge is -2.45. The molecule has 0 aliphatic carbocycles. The van der Waals surface area contributed by atoms with Crippen molar-refractivity contribution < 1.29 is 23.8 Å². The summed E-state index contributed by atoms with van der Waals surface area (Å²) in [6.45, 7) is 6.91. The first-order valence-electron chi connectivity index (χ1n) is 12.1. The average molecular weight is 495 g/mol. The second-order valence-electron chi connectivity index (χ2n) is 8.76. The molecule has 2 unspecified atom stereocenters. The molecule has 4 atom stereocenters. The molecule has 1 fully saturated rings. The molecule has 1 heterocycles. The van der Waals surface area contributed by atoms with Crippen molar-refractivity contribution >= 4 is 23.4 Å². The van der Waals surface area contributed by atoms with Crippen LogP contribution in [0.5, 0.6) is 0 Å². The molecule has 2 N–H and O–H groups in total. The minimum absolute atomic E-state index is 0.0707. The van der Waals surface area contributed by atoms with Gasteiger partial charge in [-0.2, -0.15) is 5.26 Å². The maximum absolute atomic E-state index is 12.9. The number of anilines is 2. The standard InChI is InChI=1S/C27H34N4O5/c1-5-35-25(32)14-21(17-34-4)23-8-6-7-9-24(23)31-16-18(2)36-19(3)26(31)30-27(33)29-22-12-10-20(15-28)11-13-22/h6-13,18-19,21,26H,5,14,16-17H2,1-4H3,(H2,29,30,33)/t18-,19+,21?,26?/m1/s1. The van der Waals surface area contributed by atoms with E-state index >= 15 is 0 Å². The first-order valence-corrected chi connectivity index (χ1v) is 12.1. The van der Waals surface area contributed by atoms with E-state index in [4.69, 9.17) is 19.5 Å². The highest BCUT2D eigenvalue weighted by atomic mass is 16.5. The highest BCUT2D eigenvalue weighted by Gasteiger charge is 2.36. The van der Waals surface area contributed by atoms with Crippen LogP contribution in [0.25, 0.3) is 0 Å². The topological polar surface area (TPSA) is 113 Å². The van der Waals surface area contributed by atoms with Crippen LogP contribution >= 0.6 is 0 Å². The first kappa shape index (κ1) is 27.0. The number of rotatable bonds is 9. The van der Waals surface area contributed by atoms with Crippen molar-refractivity contribution in [3.8, 4) is 6.07 Å². The number of para-hydroxylation sites is 1. The fraction of sp³-hybridized carbons (Fsp3) is 0.444. The first-order chi connectivity index (χ1) is 17.4. The predicted octanol–water partition coefficient (Wildman–Crippen LogP) is 4.00. The van der Waals surface area contributed by atoms with Gasteiger partial charge in [-0.05, 0) is 56.7 Å². The fourth-order valence-electron chi connectivity index (χ4n) is 4.48. The molecule has 3 rings (SSSR count). The number of morpholine rings is 1.